The highest BCUT2D eigenvalue weighted by Crippen LogP contribution is 2.45. The Morgan fingerprint density at radius 1 is 1.08 bits per heavy atom. The van der Waals surface area contributed by atoms with E-state index in [0.717, 1.165) is 35.2 Å². The number of hydrogen-bond acceptors (Lipinski definition) is 5. The largest absolute Gasteiger partial charge is 0.478 e. The minimum Gasteiger partial charge on any atom is -0.478 e. The number of aromatic amines is 1. The lowest BCUT2D eigenvalue weighted by atomic mass is 10.0. The Hall–Kier alpha value is -3.55. The average molecular weight is 522 g/mol. The Bertz CT molecular complexity index is 1480. The van der Waals surface area contributed by atoms with E-state index in [1.165, 1.54) is 0 Å². The second-order valence-electron chi connectivity index (χ2n) is 8.98. The van der Waals surface area contributed by atoms with Crippen molar-refractivity contribution < 1.29 is 19.4 Å². The third-order valence-electron chi connectivity index (χ3n) is 6.57. The third-order valence-corrected chi connectivity index (χ3v) is 7.20. The van der Waals surface area contributed by atoms with Crippen molar-refractivity contribution in [3.05, 3.63) is 86.7 Å². The van der Waals surface area contributed by atoms with Crippen molar-refractivity contribution in [2.75, 3.05) is 0 Å². The van der Waals surface area contributed by atoms with Crippen LogP contribution >= 0.6 is 23.2 Å². The lowest BCUT2D eigenvalue weighted by Crippen LogP contribution is -2.02. The molecule has 2 aliphatic rings. The molecule has 0 atom stereocenters. The van der Waals surface area contributed by atoms with Gasteiger partial charge in [0, 0.05) is 34.4 Å². The van der Waals surface area contributed by atoms with Crippen molar-refractivity contribution in [1.82, 2.24) is 15.2 Å². The zero-order chi connectivity index (χ0) is 24.8. The van der Waals surface area contributed by atoms with Crippen LogP contribution in [0.25, 0.3) is 11.3 Å². The number of hydrogen-bond donors (Lipinski definition) is 2. The summed E-state index contributed by atoms with van der Waals surface area (Å²) in [6, 6.07) is 12.2. The standard InChI is InChI=1S/C27H21Cl2N3O4/c28-19-2-1-3-20(29)24(19)26-18(25(31-32-26)15-6-7-15)13-35-23-11-16-8-4-14-5-9-17(27(33)34)10-21(14)36-22(16)12-30-23/h1-3,5,9-12,15H,4,6-8,13H2,(H,31,32)(H,33,34). The topological polar surface area (TPSA) is 97.3 Å². The molecular formula is C27H21Cl2N3O4. The highest BCUT2D eigenvalue weighted by molar-refractivity contribution is 6.39. The summed E-state index contributed by atoms with van der Waals surface area (Å²) in [7, 11) is 0. The van der Waals surface area contributed by atoms with E-state index >= 15 is 0 Å². The SMILES string of the molecule is O=C(O)c1ccc2c(c1)Oc1cnc(OCc3c(-c4c(Cl)cccc4Cl)n[nH]c3C3CC3)cc1CC2. The predicted molar refractivity (Wildman–Crippen MR) is 135 cm³/mol. The van der Waals surface area contributed by atoms with E-state index in [0.29, 0.717) is 57.4 Å². The fourth-order valence-electron chi connectivity index (χ4n) is 4.52. The second kappa shape index (κ2) is 9.15. The van der Waals surface area contributed by atoms with Crippen molar-refractivity contribution in [2.45, 2.75) is 38.2 Å². The smallest absolute Gasteiger partial charge is 0.335 e. The summed E-state index contributed by atoms with van der Waals surface area (Å²) in [6.45, 7) is 0.258. The van der Waals surface area contributed by atoms with E-state index in [1.54, 1.807) is 42.6 Å². The molecule has 1 saturated carbocycles. The van der Waals surface area contributed by atoms with Gasteiger partial charge in [-0.1, -0.05) is 35.3 Å². The molecule has 7 nitrogen and oxygen atoms in total. The monoisotopic (exact) mass is 521 g/mol. The van der Waals surface area contributed by atoms with Crippen LogP contribution in [0.3, 0.4) is 0 Å². The molecule has 2 N–H and O–H groups in total. The quantitative estimate of drug-likeness (QED) is 0.288. The molecule has 1 aliphatic carbocycles. The first-order valence-corrected chi connectivity index (χ1v) is 12.4. The van der Waals surface area contributed by atoms with Crippen molar-refractivity contribution in [3.63, 3.8) is 0 Å². The van der Waals surface area contributed by atoms with E-state index in [1.807, 2.05) is 6.07 Å². The summed E-state index contributed by atoms with van der Waals surface area (Å²) in [5.41, 5.74) is 5.42. The Balaban J connectivity index is 1.27. The Labute approximate surface area is 217 Å². The molecule has 2 aromatic heterocycles. The number of pyridine rings is 1. The Morgan fingerprint density at radius 3 is 2.61 bits per heavy atom. The highest BCUT2D eigenvalue weighted by atomic mass is 35.5. The van der Waals surface area contributed by atoms with Crippen LogP contribution in [0.2, 0.25) is 10.0 Å². The summed E-state index contributed by atoms with van der Waals surface area (Å²) < 4.78 is 12.2. The number of nitrogens with zero attached hydrogens (tertiary/aromatic N) is 2. The van der Waals surface area contributed by atoms with E-state index < -0.39 is 5.97 Å². The zero-order valence-corrected chi connectivity index (χ0v) is 20.6. The molecule has 0 amide bonds. The van der Waals surface area contributed by atoms with Gasteiger partial charge in [0.25, 0.3) is 0 Å². The van der Waals surface area contributed by atoms with Crippen LogP contribution in [0.4, 0.5) is 0 Å². The number of aromatic carboxylic acids is 1. The molecule has 0 unspecified atom stereocenters. The number of aromatic nitrogens is 3. The van der Waals surface area contributed by atoms with Gasteiger partial charge in [0.15, 0.2) is 0 Å². The molecule has 9 heteroatoms. The molecule has 4 aromatic rings. The number of fused-ring (bicyclic) bond motifs is 2. The number of aryl methyl sites for hydroxylation is 2. The van der Waals surface area contributed by atoms with Crippen LogP contribution in [0, 0.1) is 0 Å². The molecule has 2 aromatic carbocycles. The van der Waals surface area contributed by atoms with Crippen LogP contribution in [-0.4, -0.2) is 26.3 Å². The lowest BCUT2D eigenvalue weighted by Gasteiger charge is -2.12. The molecule has 0 radical (unpaired) electrons. The fourth-order valence-corrected chi connectivity index (χ4v) is 5.09. The second-order valence-corrected chi connectivity index (χ2v) is 9.80. The van der Waals surface area contributed by atoms with Crippen molar-refractivity contribution in [2.24, 2.45) is 0 Å². The first kappa shape index (κ1) is 22.9. The predicted octanol–water partition coefficient (Wildman–Crippen LogP) is 6.82. The summed E-state index contributed by atoms with van der Waals surface area (Å²) in [5, 5.41) is 18.1. The number of H-pyrrole nitrogens is 1. The van der Waals surface area contributed by atoms with Crippen LogP contribution in [0.1, 0.15) is 51.5 Å². The average Bonchev–Trinajstić information content (AvgIpc) is 3.65. The maximum atomic E-state index is 11.3. The summed E-state index contributed by atoms with van der Waals surface area (Å²) in [4.78, 5) is 15.8. The van der Waals surface area contributed by atoms with Gasteiger partial charge in [-0.25, -0.2) is 9.78 Å². The number of ether oxygens (including phenoxy) is 2. The highest BCUT2D eigenvalue weighted by Gasteiger charge is 2.31. The van der Waals surface area contributed by atoms with Gasteiger partial charge in [-0.3, -0.25) is 5.10 Å². The zero-order valence-electron chi connectivity index (χ0n) is 19.1. The van der Waals surface area contributed by atoms with Gasteiger partial charge in [0.05, 0.1) is 21.8 Å². The molecule has 6 rings (SSSR count). The van der Waals surface area contributed by atoms with Crippen LogP contribution in [-0.2, 0) is 19.4 Å². The minimum atomic E-state index is -0.991. The number of benzene rings is 2. The summed E-state index contributed by atoms with van der Waals surface area (Å²) in [5.74, 6) is 1.03. The van der Waals surface area contributed by atoms with Gasteiger partial charge in [-0.05, 0) is 55.5 Å². The number of carboxylic acids is 1. The van der Waals surface area contributed by atoms with Crippen LogP contribution < -0.4 is 9.47 Å². The maximum absolute atomic E-state index is 11.3. The number of nitrogens with one attached hydrogen (secondary N) is 1. The third kappa shape index (κ3) is 4.29. The molecule has 182 valence electrons. The first-order valence-electron chi connectivity index (χ1n) is 11.6. The van der Waals surface area contributed by atoms with Gasteiger partial charge in [-0.2, -0.15) is 5.10 Å². The van der Waals surface area contributed by atoms with E-state index in [-0.39, 0.29) is 12.2 Å². The van der Waals surface area contributed by atoms with Gasteiger partial charge in [-0.15, -0.1) is 0 Å². The van der Waals surface area contributed by atoms with Gasteiger partial charge in [0.1, 0.15) is 23.8 Å². The van der Waals surface area contributed by atoms with E-state index in [9.17, 15) is 9.90 Å². The maximum Gasteiger partial charge on any atom is 0.335 e. The molecule has 1 aliphatic heterocycles. The fraction of sp³-hybridized carbons (Fsp3) is 0.222. The number of carboxylic acid groups (broad SMARTS) is 1. The van der Waals surface area contributed by atoms with E-state index in [2.05, 4.69) is 15.2 Å². The normalized spacial score (nSPS) is 14.4. The van der Waals surface area contributed by atoms with E-state index in [4.69, 9.17) is 32.7 Å². The Morgan fingerprint density at radius 2 is 1.86 bits per heavy atom. The van der Waals surface area contributed by atoms with Gasteiger partial charge >= 0.3 is 5.97 Å². The van der Waals surface area contributed by atoms with Crippen molar-refractivity contribution in [1.29, 1.82) is 0 Å². The molecule has 0 bridgehead atoms. The van der Waals surface area contributed by atoms with Crippen molar-refractivity contribution >= 4 is 29.2 Å². The molecule has 0 spiro atoms. The molecule has 3 heterocycles. The number of halogens is 2. The molecular weight excluding hydrogens is 501 g/mol. The summed E-state index contributed by atoms with van der Waals surface area (Å²) >= 11 is 13.0. The molecule has 1 fully saturated rings. The summed E-state index contributed by atoms with van der Waals surface area (Å²) in [6.07, 6.45) is 5.25. The number of carbonyl (C=O) groups is 1. The number of rotatable bonds is 6. The minimum absolute atomic E-state index is 0.186. The van der Waals surface area contributed by atoms with Crippen LogP contribution in [0.15, 0.2) is 48.7 Å². The Kier molecular flexibility index (Phi) is 5.82. The van der Waals surface area contributed by atoms with Crippen molar-refractivity contribution in [3.8, 4) is 28.6 Å². The molecule has 0 saturated heterocycles. The lowest BCUT2D eigenvalue weighted by molar-refractivity contribution is 0.0696. The van der Waals surface area contributed by atoms with Gasteiger partial charge in [0.2, 0.25) is 5.88 Å². The van der Waals surface area contributed by atoms with Crippen LogP contribution in [0.5, 0.6) is 17.4 Å². The first-order chi connectivity index (χ1) is 17.5. The molecule has 36 heavy (non-hydrogen) atoms. The van der Waals surface area contributed by atoms with Gasteiger partial charge < -0.3 is 14.6 Å².